The first kappa shape index (κ1) is 17.3. The number of methoxy groups -OCH3 is 1. The molecule has 0 saturated heterocycles. The molecular weight excluding hydrogens is 314 g/mol. The summed E-state index contributed by atoms with van der Waals surface area (Å²) >= 11 is 1.51. The smallest absolute Gasteiger partial charge is 0.251 e. The topological polar surface area (TPSA) is 79.8 Å². The molecule has 0 saturated carbocycles. The maximum Gasteiger partial charge on any atom is 0.251 e. The summed E-state index contributed by atoms with van der Waals surface area (Å²) < 4.78 is 5.07. The van der Waals surface area contributed by atoms with Crippen LogP contribution in [0.1, 0.15) is 24.2 Å². The lowest BCUT2D eigenvalue weighted by atomic mass is 10.0. The van der Waals surface area contributed by atoms with Crippen LogP contribution < -0.4 is 15.4 Å². The van der Waals surface area contributed by atoms with Crippen molar-refractivity contribution in [1.82, 2.24) is 10.6 Å². The maximum absolute atomic E-state index is 12.4. The van der Waals surface area contributed by atoms with Gasteiger partial charge in [0.05, 0.1) is 13.7 Å². The fraction of sp³-hybridized carbons (Fsp3) is 0.438. The molecule has 0 radical (unpaired) electrons. The summed E-state index contributed by atoms with van der Waals surface area (Å²) in [5.74, 6) is 0.984. The van der Waals surface area contributed by atoms with Crippen molar-refractivity contribution >= 4 is 28.7 Å². The van der Waals surface area contributed by atoms with E-state index in [9.17, 15) is 9.59 Å². The summed E-state index contributed by atoms with van der Waals surface area (Å²) in [5, 5.41) is 6.19. The third-order valence-electron chi connectivity index (χ3n) is 3.40. The van der Waals surface area contributed by atoms with Gasteiger partial charge in [-0.25, -0.2) is 0 Å². The molecule has 1 aromatic rings. The number of aliphatic imine (C=N–C) groups is 1. The van der Waals surface area contributed by atoms with Crippen LogP contribution >= 0.6 is 11.8 Å². The average Bonchev–Trinajstić information content (AvgIpc) is 3.04. The standard InChI is InChI=1S/C16H21N3O3S/c1-10(2)13(15(21)19-16-17-8-9-23-16)18-14(20)11-4-6-12(22-3)7-5-11/h4-7,10,13H,8-9H2,1-3H3,(H,18,20)(H,17,19,21)/t13-/m0/s1. The molecule has 7 heteroatoms. The van der Waals surface area contributed by atoms with Crippen molar-refractivity contribution < 1.29 is 14.3 Å². The van der Waals surface area contributed by atoms with Gasteiger partial charge in [0.15, 0.2) is 5.17 Å². The number of amidine groups is 1. The van der Waals surface area contributed by atoms with Gasteiger partial charge in [-0.15, -0.1) is 0 Å². The molecule has 0 fully saturated rings. The number of ether oxygens (including phenoxy) is 1. The Labute approximate surface area is 140 Å². The molecule has 2 amide bonds. The molecule has 0 aliphatic carbocycles. The third kappa shape index (κ3) is 4.72. The van der Waals surface area contributed by atoms with E-state index in [2.05, 4.69) is 15.6 Å². The highest BCUT2D eigenvalue weighted by molar-refractivity contribution is 8.14. The molecular formula is C16H21N3O3S. The van der Waals surface area contributed by atoms with E-state index in [0.717, 1.165) is 5.75 Å². The Hall–Kier alpha value is -2.02. The maximum atomic E-state index is 12.4. The van der Waals surface area contributed by atoms with Gasteiger partial charge in [0.25, 0.3) is 5.91 Å². The number of carbonyl (C=O) groups is 2. The fourth-order valence-corrected chi connectivity index (χ4v) is 2.83. The zero-order chi connectivity index (χ0) is 16.8. The Morgan fingerprint density at radius 2 is 1.96 bits per heavy atom. The quantitative estimate of drug-likeness (QED) is 0.858. The number of hydrogen-bond donors (Lipinski definition) is 2. The third-order valence-corrected chi connectivity index (χ3v) is 4.29. The second-order valence-electron chi connectivity index (χ2n) is 5.45. The van der Waals surface area contributed by atoms with E-state index < -0.39 is 6.04 Å². The number of benzene rings is 1. The van der Waals surface area contributed by atoms with Crippen LogP contribution in [0, 0.1) is 5.92 Å². The van der Waals surface area contributed by atoms with E-state index in [1.54, 1.807) is 31.4 Å². The number of nitrogens with zero attached hydrogens (tertiary/aromatic N) is 1. The van der Waals surface area contributed by atoms with Crippen LogP contribution in [0.2, 0.25) is 0 Å². The van der Waals surface area contributed by atoms with E-state index in [1.165, 1.54) is 11.8 Å². The van der Waals surface area contributed by atoms with Crippen LogP contribution in [0.3, 0.4) is 0 Å². The molecule has 0 aromatic heterocycles. The lowest BCUT2D eigenvalue weighted by Gasteiger charge is -2.21. The number of amides is 2. The first-order valence-electron chi connectivity index (χ1n) is 7.44. The van der Waals surface area contributed by atoms with Gasteiger partial charge in [0.1, 0.15) is 11.8 Å². The SMILES string of the molecule is COc1ccc(C(=O)N[C@H](C(=O)NC2=NCCS2)C(C)C)cc1. The Balaban J connectivity index is 2.02. The van der Waals surface area contributed by atoms with Crippen molar-refractivity contribution in [2.45, 2.75) is 19.9 Å². The van der Waals surface area contributed by atoms with Gasteiger partial charge in [0.2, 0.25) is 5.91 Å². The van der Waals surface area contributed by atoms with Crippen molar-refractivity contribution in [1.29, 1.82) is 0 Å². The number of rotatable bonds is 5. The van der Waals surface area contributed by atoms with Gasteiger partial charge < -0.3 is 15.4 Å². The van der Waals surface area contributed by atoms with E-state index in [-0.39, 0.29) is 17.7 Å². The van der Waals surface area contributed by atoms with Crippen molar-refractivity contribution in [2.75, 3.05) is 19.4 Å². The summed E-state index contributed by atoms with van der Waals surface area (Å²) in [6.45, 7) is 4.50. The van der Waals surface area contributed by atoms with Gasteiger partial charge in [-0.3, -0.25) is 14.6 Å². The summed E-state index contributed by atoms with van der Waals surface area (Å²) in [7, 11) is 1.57. The Morgan fingerprint density at radius 3 is 2.48 bits per heavy atom. The van der Waals surface area contributed by atoms with Crippen LogP contribution in [0.4, 0.5) is 0 Å². The zero-order valence-corrected chi connectivity index (χ0v) is 14.3. The molecule has 1 aromatic carbocycles. The molecule has 0 bridgehead atoms. The fourth-order valence-electron chi connectivity index (χ4n) is 2.10. The number of thioether (sulfide) groups is 1. The van der Waals surface area contributed by atoms with Crippen LogP contribution in [-0.2, 0) is 4.79 Å². The summed E-state index contributed by atoms with van der Waals surface area (Å²) in [5.41, 5.74) is 0.483. The average molecular weight is 335 g/mol. The van der Waals surface area contributed by atoms with Crippen LogP contribution in [-0.4, -0.2) is 42.4 Å². The highest BCUT2D eigenvalue weighted by Crippen LogP contribution is 2.13. The van der Waals surface area contributed by atoms with E-state index in [4.69, 9.17) is 4.74 Å². The molecule has 0 unspecified atom stereocenters. The van der Waals surface area contributed by atoms with Gasteiger partial charge in [0, 0.05) is 11.3 Å². The molecule has 1 aliphatic heterocycles. The number of hydrogen-bond acceptors (Lipinski definition) is 5. The van der Waals surface area contributed by atoms with Crippen LogP contribution in [0.5, 0.6) is 5.75 Å². The number of carbonyl (C=O) groups excluding carboxylic acids is 2. The Morgan fingerprint density at radius 1 is 1.26 bits per heavy atom. The van der Waals surface area contributed by atoms with E-state index in [1.807, 2.05) is 13.8 Å². The predicted octanol–water partition coefficient (Wildman–Crippen LogP) is 1.67. The van der Waals surface area contributed by atoms with Crippen LogP contribution in [0.25, 0.3) is 0 Å². The van der Waals surface area contributed by atoms with Crippen molar-refractivity contribution in [2.24, 2.45) is 10.9 Å². The lowest BCUT2D eigenvalue weighted by molar-refractivity contribution is -0.122. The first-order chi connectivity index (χ1) is 11.0. The second kappa shape index (κ2) is 8.01. The molecule has 124 valence electrons. The molecule has 1 aliphatic rings. The summed E-state index contributed by atoms with van der Waals surface area (Å²) in [6, 6.07) is 6.14. The van der Waals surface area contributed by atoms with Crippen LogP contribution in [0.15, 0.2) is 29.3 Å². The lowest BCUT2D eigenvalue weighted by Crippen LogP contribution is -2.50. The minimum absolute atomic E-state index is 0.0378. The van der Waals surface area contributed by atoms with Crippen molar-refractivity contribution in [3.63, 3.8) is 0 Å². The van der Waals surface area contributed by atoms with Gasteiger partial charge in [-0.1, -0.05) is 25.6 Å². The Kier molecular flexibility index (Phi) is 6.04. The Bertz CT molecular complexity index is 599. The molecule has 6 nitrogen and oxygen atoms in total. The van der Waals surface area contributed by atoms with E-state index >= 15 is 0 Å². The zero-order valence-electron chi connectivity index (χ0n) is 13.5. The van der Waals surface area contributed by atoms with Crippen molar-refractivity contribution in [3.05, 3.63) is 29.8 Å². The normalized spacial score (nSPS) is 15.0. The van der Waals surface area contributed by atoms with Gasteiger partial charge in [-0.2, -0.15) is 0 Å². The molecule has 1 atom stereocenters. The molecule has 2 rings (SSSR count). The predicted molar refractivity (Wildman–Crippen MR) is 92.0 cm³/mol. The summed E-state index contributed by atoms with van der Waals surface area (Å²) in [6.07, 6.45) is 0. The summed E-state index contributed by atoms with van der Waals surface area (Å²) in [4.78, 5) is 28.9. The van der Waals surface area contributed by atoms with Gasteiger partial charge >= 0.3 is 0 Å². The molecule has 2 N–H and O–H groups in total. The second-order valence-corrected chi connectivity index (χ2v) is 6.53. The molecule has 1 heterocycles. The minimum atomic E-state index is -0.617. The van der Waals surface area contributed by atoms with Crippen molar-refractivity contribution in [3.8, 4) is 5.75 Å². The monoisotopic (exact) mass is 335 g/mol. The molecule has 0 spiro atoms. The molecule has 23 heavy (non-hydrogen) atoms. The highest BCUT2D eigenvalue weighted by atomic mass is 32.2. The highest BCUT2D eigenvalue weighted by Gasteiger charge is 2.26. The largest absolute Gasteiger partial charge is 0.497 e. The van der Waals surface area contributed by atoms with E-state index in [0.29, 0.717) is 23.0 Å². The first-order valence-corrected chi connectivity index (χ1v) is 8.43. The number of nitrogens with one attached hydrogen (secondary N) is 2. The van der Waals surface area contributed by atoms with Gasteiger partial charge in [-0.05, 0) is 30.2 Å². The minimum Gasteiger partial charge on any atom is -0.497 e.